The molecule has 2 atom stereocenters. The van der Waals surface area contributed by atoms with Crippen molar-refractivity contribution in [1.82, 2.24) is 10.3 Å². The fourth-order valence-electron chi connectivity index (χ4n) is 1.73. The van der Waals surface area contributed by atoms with Crippen molar-refractivity contribution in [3.63, 3.8) is 0 Å². The van der Waals surface area contributed by atoms with Crippen LogP contribution in [0.15, 0.2) is 0 Å². The van der Waals surface area contributed by atoms with E-state index in [1.807, 2.05) is 13.8 Å². The summed E-state index contributed by atoms with van der Waals surface area (Å²) in [7, 11) is 1.64. The molecule has 1 aromatic heterocycles. The van der Waals surface area contributed by atoms with Gasteiger partial charge in [-0.1, -0.05) is 0 Å². The van der Waals surface area contributed by atoms with Crippen molar-refractivity contribution in [2.75, 3.05) is 20.3 Å². The van der Waals surface area contributed by atoms with Crippen LogP contribution in [0.1, 0.15) is 28.5 Å². The molecule has 0 spiro atoms. The molecule has 1 rings (SSSR count). The molecule has 2 unspecified atom stereocenters. The summed E-state index contributed by atoms with van der Waals surface area (Å²) < 4.78 is 5.03. The molecule has 0 fully saturated rings. The Morgan fingerprint density at radius 2 is 2.19 bits per heavy atom. The summed E-state index contributed by atoms with van der Waals surface area (Å²) >= 11 is 1.70. The lowest BCUT2D eigenvalue weighted by Gasteiger charge is -2.20. The Morgan fingerprint density at radius 1 is 1.50 bits per heavy atom. The van der Waals surface area contributed by atoms with E-state index in [1.54, 1.807) is 18.4 Å². The van der Waals surface area contributed by atoms with E-state index in [0.29, 0.717) is 6.61 Å². The first-order valence-electron chi connectivity index (χ1n) is 5.38. The Kier molecular flexibility index (Phi) is 5.34. The first kappa shape index (κ1) is 13.6. The Morgan fingerprint density at radius 3 is 2.62 bits per heavy atom. The van der Waals surface area contributed by atoms with Crippen molar-refractivity contribution in [2.24, 2.45) is 0 Å². The molecule has 0 aliphatic carbocycles. The molecule has 1 heterocycles. The predicted molar refractivity (Wildman–Crippen MR) is 65.9 cm³/mol. The predicted octanol–water partition coefficient (Wildman–Crippen LogP) is 1.42. The van der Waals surface area contributed by atoms with Crippen LogP contribution in [-0.4, -0.2) is 36.5 Å². The van der Waals surface area contributed by atoms with E-state index in [9.17, 15) is 5.11 Å². The van der Waals surface area contributed by atoms with Gasteiger partial charge in [0.1, 0.15) is 0 Å². The van der Waals surface area contributed by atoms with Crippen LogP contribution in [0.2, 0.25) is 0 Å². The third kappa shape index (κ3) is 3.52. The topological polar surface area (TPSA) is 54.4 Å². The highest BCUT2D eigenvalue weighted by molar-refractivity contribution is 7.11. The smallest absolute Gasteiger partial charge is 0.0900 e. The van der Waals surface area contributed by atoms with E-state index in [2.05, 4.69) is 17.2 Å². The van der Waals surface area contributed by atoms with Crippen LogP contribution in [0.3, 0.4) is 0 Å². The minimum atomic E-state index is -0.0261. The number of nitrogens with one attached hydrogen (secondary N) is 1. The van der Waals surface area contributed by atoms with E-state index in [-0.39, 0.29) is 18.7 Å². The highest BCUT2D eigenvalue weighted by Crippen LogP contribution is 2.24. The SMILES string of the molecule is COCC(CO)NC(C)c1sc(C)nc1C. The Labute approximate surface area is 101 Å². The number of methoxy groups -OCH3 is 1. The number of aryl methyl sites for hydroxylation is 2. The molecule has 92 valence electrons. The van der Waals surface area contributed by atoms with Gasteiger partial charge in [-0.15, -0.1) is 11.3 Å². The first-order valence-corrected chi connectivity index (χ1v) is 6.19. The average molecular weight is 244 g/mol. The Balaban J connectivity index is 2.63. The van der Waals surface area contributed by atoms with Gasteiger partial charge in [0.15, 0.2) is 0 Å². The zero-order valence-electron chi connectivity index (χ0n) is 10.3. The van der Waals surface area contributed by atoms with Gasteiger partial charge in [0.2, 0.25) is 0 Å². The van der Waals surface area contributed by atoms with Crippen molar-refractivity contribution in [3.8, 4) is 0 Å². The van der Waals surface area contributed by atoms with Gasteiger partial charge in [0, 0.05) is 18.0 Å². The van der Waals surface area contributed by atoms with Gasteiger partial charge in [-0.05, 0) is 20.8 Å². The van der Waals surface area contributed by atoms with Crippen molar-refractivity contribution in [3.05, 3.63) is 15.6 Å². The van der Waals surface area contributed by atoms with Gasteiger partial charge in [-0.3, -0.25) is 0 Å². The van der Waals surface area contributed by atoms with Crippen LogP contribution < -0.4 is 5.32 Å². The van der Waals surface area contributed by atoms with E-state index < -0.39 is 0 Å². The number of aromatic nitrogens is 1. The first-order chi connectivity index (χ1) is 7.58. The zero-order valence-corrected chi connectivity index (χ0v) is 11.1. The van der Waals surface area contributed by atoms with Gasteiger partial charge in [0.05, 0.1) is 30.0 Å². The Bertz CT molecular complexity index is 328. The standard InChI is InChI=1S/C11H20N2O2S/c1-7-11(16-9(3)12-7)8(2)13-10(5-14)6-15-4/h8,10,13-14H,5-6H2,1-4H3. The minimum absolute atomic E-state index is 0.0261. The fraction of sp³-hybridized carbons (Fsp3) is 0.727. The van der Waals surface area contributed by atoms with Crippen molar-refractivity contribution < 1.29 is 9.84 Å². The van der Waals surface area contributed by atoms with E-state index in [4.69, 9.17) is 4.74 Å². The summed E-state index contributed by atoms with van der Waals surface area (Å²) in [5.74, 6) is 0. The Hall–Kier alpha value is -0.490. The van der Waals surface area contributed by atoms with Crippen LogP contribution in [0, 0.1) is 13.8 Å². The monoisotopic (exact) mass is 244 g/mol. The third-order valence-corrected chi connectivity index (χ3v) is 3.66. The molecule has 0 aromatic carbocycles. The normalized spacial score (nSPS) is 15.1. The second-order valence-electron chi connectivity index (χ2n) is 3.91. The second-order valence-corrected chi connectivity index (χ2v) is 5.14. The van der Waals surface area contributed by atoms with E-state index in [0.717, 1.165) is 10.7 Å². The summed E-state index contributed by atoms with van der Waals surface area (Å²) in [6.07, 6.45) is 0. The van der Waals surface area contributed by atoms with Crippen molar-refractivity contribution in [1.29, 1.82) is 0 Å². The van der Waals surface area contributed by atoms with Gasteiger partial charge in [-0.25, -0.2) is 4.98 Å². The molecule has 2 N–H and O–H groups in total. The van der Waals surface area contributed by atoms with Crippen LogP contribution >= 0.6 is 11.3 Å². The summed E-state index contributed by atoms with van der Waals surface area (Å²) in [5, 5.41) is 13.6. The quantitative estimate of drug-likeness (QED) is 0.794. The van der Waals surface area contributed by atoms with Crippen molar-refractivity contribution >= 4 is 11.3 Å². The van der Waals surface area contributed by atoms with Gasteiger partial charge in [-0.2, -0.15) is 0 Å². The van der Waals surface area contributed by atoms with Crippen molar-refractivity contribution in [2.45, 2.75) is 32.9 Å². The van der Waals surface area contributed by atoms with Gasteiger partial charge in [0.25, 0.3) is 0 Å². The molecule has 1 aromatic rings. The van der Waals surface area contributed by atoms with Gasteiger partial charge < -0.3 is 15.2 Å². The molecule has 0 saturated carbocycles. The largest absolute Gasteiger partial charge is 0.395 e. The number of aliphatic hydroxyl groups excluding tert-OH is 1. The molecule has 0 aliphatic rings. The molecule has 0 aliphatic heterocycles. The maximum atomic E-state index is 9.17. The van der Waals surface area contributed by atoms with Crippen LogP contribution in [0.4, 0.5) is 0 Å². The van der Waals surface area contributed by atoms with E-state index >= 15 is 0 Å². The number of aliphatic hydroxyl groups is 1. The van der Waals surface area contributed by atoms with E-state index in [1.165, 1.54) is 4.88 Å². The number of thiazole rings is 1. The lowest BCUT2D eigenvalue weighted by molar-refractivity contribution is 0.123. The number of hydrogen-bond acceptors (Lipinski definition) is 5. The van der Waals surface area contributed by atoms with Gasteiger partial charge >= 0.3 is 0 Å². The summed E-state index contributed by atoms with van der Waals surface area (Å²) in [5.41, 5.74) is 1.07. The number of ether oxygens (including phenoxy) is 1. The molecule has 0 amide bonds. The third-order valence-electron chi connectivity index (χ3n) is 2.41. The molecule has 0 saturated heterocycles. The molecule has 0 radical (unpaired) electrons. The molecule has 16 heavy (non-hydrogen) atoms. The maximum absolute atomic E-state index is 9.17. The number of rotatable bonds is 6. The zero-order chi connectivity index (χ0) is 12.1. The lowest BCUT2D eigenvalue weighted by atomic mass is 10.2. The van der Waals surface area contributed by atoms with Crippen LogP contribution in [0.25, 0.3) is 0 Å². The number of nitrogens with zero attached hydrogens (tertiary/aromatic N) is 1. The molecular formula is C11H20N2O2S. The summed E-state index contributed by atoms with van der Waals surface area (Å²) in [4.78, 5) is 5.62. The number of hydrogen-bond donors (Lipinski definition) is 2. The molecule has 5 heteroatoms. The van der Waals surface area contributed by atoms with Crippen LogP contribution in [0.5, 0.6) is 0 Å². The minimum Gasteiger partial charge on any atom is -0.395 e. The fourth-order valence-corrected chi connectivity index (χ4v) is 2.67. The maximum Gasteiger partial charge on any atom is 0.0900 e. The lowest BCUT2D eigenvalue weighted by Crippen LogP contribution is -2.38. The summed E-state index contributed by atoms with van der Waals surface area (Å²) in [6, 6.07) is 0.167. The van der Waals surface area contributed by atoms with Crippen LogP contribution in [-0.2, 0) is 4.74 Å². The molecule has 0 bridgehead atoms. The summed E-state index contributed by atoms with van der Waals surface area (Å²) in [6.45, 7) is 6.69. The highest BCUT2D eigenvalue weighted by atomic mass is 32.1. The highest BCUT2D eigenvalue weighted by Gasteiger charge is 2.16. The molecule has 4 nitrogen and oxygen atoms in total. The average Bonchev–Trinajstić information content (AvgIpc) is 2.57. The second kappa shape index (κ2) is 6.30. The molecular weight excluding hydrogens is 224 g/mol.